The van der Waals surface area contributed by atoms with Crippen LogP contribution >= 0.6 is 8.25 Å². The molecule has 1 saturated heterocycles. The predicted molar refractivity (Wildman–Crippen MR) is 31.9 cm³/mol. The molecular formula is C4H5NO4P+. The molecule has 1 amide bonds. The Morgan fingerprint density at radius 1 is 1.70 bits per heavy atom. The molecule has 0 atom stereocenters. The number of hydrogen-bond acceptors (Lipinski definition) is 4. The van der Waals surface area contributed by atoms with Crippen molar-refractivity contribution in [2.45, 2.75) is 6.41 Å². The van der Waals surface area contributed by atoms with E-state index in [1.807, 2.05) is 0 Å². The molecule has 5 nitrogen and oxygen atoms in total. The van der Waals surface area contributed by atoms with Crippen LogP contribution < -0.4 is 5.32 Å². The highest BCUT2D eigenvalue weighted by Crippen LogP contribution is 2.37. The summed E-state index contributed by atoms with van der Waals surface area (Å²) in [5.41, 5.74) is 0. The fourth-order valence-corrected chi connectivity index (χ4v) is 0.826. The van der Waals surface area contributed by atoms with Crippen molar-refractivity contribution in [3.63, 3.8) is 0 Å². The summed E-state index contributed by atoms with van der Waals surface area (Å²) >= 11 is 0. The van der Waals surface area contributed by atoms with Crippen LogP contribution in [-0.2, 0) is 18.4 Å². The lowest BCUT2D eigenvalue weighted by Gasteiger charge is -2.10. The van der Waals surface area contributed by atoms with Crippen molar-refractivity contribution < 1.29 is 18.4 Å². The predicted octanol–water partition coefficient (Wildman–Crippen LogP) is 0.276. The molecule has 0 aromatic carbocycles. The Bertz CT molecular complexity index is 184. The molecule has 1 heterocycles. The smallest absolute Gasteiger partial charge is 0.297 e. The summed E-state index contributed by atoms with van der Waals surface area (Å²) in [6, 6.07) is 0. The van der Waals surface area contributed by atoms with E-state index >= 15 is 0 Å². The Hall–Kier alpha value is -0.770. The van der Waals surface area contributed by atoms with E-state index in [4.69, 9.17) is 0 Å². The number of nitrogens with one attached hydrogen (secondary N) is 1. The van der Waals surface area contributed by atoms with E-state index in [9.17, 15) is 9.36 Å². The Kier molecular flexibility index (Phi) is 2.11. The van der Waals surface area contributed by atoms with Crippen LogP contribution in [0.1, 0.15) is 0 Å². The van der Waals surface area contributed by atoms with Crippen LogP contribution in [0.3, 0.4) is 0 Å². The maximum Gasteiger partial charge on any atom is 0.707 e. The minimum atomic E-state index is -1.99. The number of hydrogen-bond donors (Lipinski definition) is 1. The average Bonchev–Trinajstić information content (AvgIpc) is 1.84. The fraction of sp³-hybridized carbons (Fsp3) is 0.250. The van der Waals surface area contributed by atoms with Crippen LogP contribution in [0.25, 0.3) is 0 Å². The lowest BCUT2D eigenvalue weighted by molar-refractivity contribution is -0.136. The van der Waals surface area contributed by atoms with Crippen LogP contribution in [0.15, 0.2) is 12.7 Å². The van der Waals surface area contributed by atoms with E-state index in [0.29, 0.717) is 0 Å². The van der Waals surface area contributed by atoms with E-state index in [-0.39, 0.29) is 0 Å². The molecule has 0 unspecified atom stereocenters. The third-order valence-corrected chi connectivity index (χ3v) is 1.54. The number of amides is 1. The van der Waals surface area contributed by atoms with Gasteiger partial charge in [-0.2, -0.15) is 0 Å². The van der Waals surface area contributed by atoms with Crippen LogP contribution in [-0.4, -0.2) is 12.3 Å². The first-order valence-corrected chi connectivity index (χ1v) is 3.55. The third-order valence-electron chi connectivity index (χ3n) is 0.809. The molecule has 0 bridgehead atoms. The standard InChI is InChI=1S/C4H4NO4P/c1-2-3(6)5-4-8-10(7)9-4/h2,4H,1H2/p+1. The highest BCUT2D eigenvalue weighted by molar-refractivity contribution is 7.34. The largest absolute Gasteiger partial charge is 0.707 e. The molecule has 1 aliphatic heterocycles. The van der Waals surface area contributed by atoms with Gasteiger partial charge in [0.15, 0.2) is 0 Å². The Balaban J connectivity index is 2.22. The lowest BCUT2D eigenvalue weighted by atomic mass is 10.6. The second-order valence-electron chi connectivity index (χ2n) is 1.48. The zero-order valence-electron chi connectivity index (χ0n) is 4.94. The number of carbonyl (C=O) groups is 1. The Morgan fingerprint density at radius 3 is 2.70 bits per heavy atom. The topological polar surface area (TPSA) is 64.6 Å². The second kappa shape index (κ2) is 2.88. The zero-order valence-corrected chi connectivity index (χ0v) is 5.84. The Morgan fingerprint density at radius 2 is 2.30 bits per heavy atom. The quantitative estimate of drug-likeness (QED) is 0.467. The molecule has 10 heavy (non-hydrogen) atoms. The summed E-state index contributed by atoms with van der Waals surface area (Å²) in [5.74, 6) is -0.423. The summed E-state index contributed by atoms with van der Waals surface area (Å²) in [6.45, 7) is 3.20. The first-order valence-electron chi connectivity index (χ1n) is 2.46. The van der Waals surface area contributed by atoms with E-state index in [1.165, 1.54) is 0 Å². The van der Waals surface area contributed by atoms with Gasteiger partial charge in [0.05, 0.1) is 0 Å². The van der Waals surface area contributed by atoms with Crippen LogP contribution in [0.2, 0.25) is 0 Å². The molecular weight excluding hydrogens is 157 g/mol. The molecule has 0 aromatic heterocycles. The fourth-order valence-electron chi connectivity index (χ4n) is 0.392. The number of rotatable bonds is 2. The third kappa shape index (κ3) is 1.60. The number of carbonyl (C=O) groups excluding carboxylic acids is 1. The lowest BCUT2D eigenvalue weighted by Crippen LogP contribution is -2.40. The summed E-state index contributed by atoms with van der Waals surface area (Å²) < 4.78 is 18.9. The van der Waals surface area contributed by atoms with E-state index in [2.05, 4.69) is 20.9 Å². The van der Waals surface area contributed by atoms with Gasteiger partial charge in [-0.15, -0.1) is 0 Å². The van der Waals surface area contributed by atoms with Gasteiger partial charge in [0.25, 0.3) is 0 Å². The molecule has 0 spiro atoms. The molecule has 0 aliphatic carbocycles. The van der Waals surface area contributed by atoms with Crippen LogP contribution in [0.4, 0.5) is 0 Å². The van der Waals surface area contributed by atoms with Crippen molar-refractivity contribution in [3.05, 3.63) is 12.7 Å². The van der Waals surface area contributed by atoms with Gasteiger partial charge >= 0.3 is 14.7 Å². The molecule has 1 N–H and O–H groups in total. The van der Waals surface area contributed by atoms with Crippen molar-refractivity contribution in [2.75, 3.05) is 0 Å². The van der Waals surface area contributed by atoms with Crippen molar-refractivity contribution in [2.24, 2.45) is 0 Å². The molecule has 0 aromatic rings. The second-order valence-corrected chi connectivity index (χ2v) is 2.35. The minimum absolute atomic E-state index is 0.423. The minimum Gasteiger partial charge on any atom is -0.297 e. The van der Waals surface area contributed by atoms with Gasteiger partial charge in [-0.05, 0) is 6.08 Å². The van der Waals surface area contributed by atoms with Crippen molar-refractivity contribution in [1.29, 1.82) is 0 Å². The SMILES string of the molecule is C=CC(=O)NC1O[P+](=O)O1. The molecule has 0 saturated carbocycles. The van der Waals surface area contributed by atoms with Gasteiger partial charge < -0.3 is 0 Å². The van der Waals surface area contributed by atoms with Crippen LogP contribution in [0.5, 0.6) is 0 Å². The summed E-state index contributed by atoms with van der Waals surface area (Å²) in [7, 11) is -1.99. The monoisotopic (exact) mass is 162 g/mol. The summed E-state index contributed by atoms with van der Waals surface area (Å²) in [6.07, 6.45) is 0.201. The average molecular weight is 162 g/mol. The zero-order chi connectivity index (χ0) is 7.56. The van der Waals surface area contributed by atoms with Gasteiger partial charge in [-0.25, -0.2) is 0 Å². The van der Waals surface area contributed by atoms with Gasteiger partial charge in [-0.1, -0.05) is 15.6 Å². The van der Waals surface area contributed by atoms with E-state index in [1.54, 1.807) is 0 Å². The maximum atomic E-state index is 10.4. The van der Waals surface area contributed by atoms with Gasteiger partial charge in [0.1, 0.15) is 0 Å². The van der Waals surface area contributed by atoms with E-state index < -0.39 is 20.6 Å². The Labute approximate surface area is 58.0 Å². The molecule has 0 radical (unpaired) electrons. The van der Waals surface area contributed by atoms with Gasteiger partial charge in [-0.3, -0.25) is 10.1 Å². The first kappa shape index (κ1) is 7.34. The van der Waals surface area contributed by atoms with Crippen molar-refractivity contribution in [1.82, 2.24) is 5.32 Å². The van der Waals surface area contributed by atoms with Gasteiger partial charge in [0.2, 0.25) is 5.91 Å². The summed E-state index contributed by atoms with van der Waals surface area (Å²) in [4.78, 5) is 10.4. The maximum absolute atomic E-state index is 10.4. The van der Waals surface area contributed by atoms with Crippen molar-refractivity contribution >= 4 is 14.2 Å². The molecule has 1 fully saturated rings. The molecule has 1 rings (SSSR count). The normalized spacial score (nSPS) is 26.8. The molecule has 1 aliphatic rings. The van der Waals surface area contributed by atoms with Crippen LogP contribution in [0, 0.1) is 0 Å². The highest BCUT2D eigenvalue weighted by Gasteiger charge is 2.46. The summed E-state index contributed by atoms with van der Waals surface area (Å²) in [5, 5.41) is 2.21. The van der Waals surface area contributed by atoms with Gasteiger partial charge in [0, 0.05) is 4.57 Å². The van der Waals surface area contributed by atoms with Crippen molar-refractivity contribution in [3.8, 4) is 0 Å². The first-order chi connectivity index (χ1) is 4.72. The molecule has 54 valence electrons. The molecule has 6 heteroatoms. The van der Waals surface area contributed by atoms with E-state index in [0.717, 1.165) is 6.08 Å². The highest BCUT2D eigenvalue weighted by atomic mass is 31.1.